The maximum absolute atomic E-state index is 13.9. The van der Waals surface area contributed by atoms with Gasteiger partial charge in [0.1, 0.15) is 5.82 Å². The highest BCUT2D eigenvalue weighted by molar-refractivity contribution is 6.02. The summed E-state index contributed by atoms with van der Waals surface area (Å²) in [6, 6.07) is 3.12. The quantitative estimate of drug-likeness (QED) is 0.642. The molecule has 0 saturated heterocycles. The predicted molar refractivity (Wildman–Crippen MR) is 62.5 cm³/mol. The number of benzene rings is 1. The van der Waals surface area contributed by atoms with Crippen molar-refractivity contribution in [3.63, 3.8) is 0 Å². The van der Waals surface area contributed by atoms with E-state index in [-0.39, 0.29) is 17.5 Å². The Kier molecular flexibility index (Phi) is 2.16. The van der Waals surface area contributed by atoms with Crippen molar-refractivity contribution in [2.75, 3.05) is 5.32 Å². The zero-order chi connectivity index (χ0) is 12.9. The first-order chi connectivity index (χ1) is 8.57. The van der Waals surface area contributed by atoms with Gasteiger partial charge in [-0.2, -0.15) is 4.99 Å². The van der Waals surface area contributed by atoms with Crippen molar-refractivity contribution < 1.29 is 14.0 Å². The number of carbonyl (C=O) groups is 1. The molecule has 4 nitrogen and oxygen atoms in total. The summed E-state index contributed by atoms with van der Waals surface area (Å²) in [6.45, 7) is 1.73. The van der Waals surface area contributed by atoms with Crippen LogP contribution in [0, 0.1) is 5.82 Å². The average Bonchev–Trinajstić information content (AvgIpc) is 3.06. The fraction of sp³-hybridized carbons (Fsp3) is 0.385. The van der Waals surface area contributed by atoms with Gasteiger partial charge in [-0.25, -0.2) is 9.18 Å². The van der Waals surface area contributed by atoms with Crippen LogP contribution in [0.4, 0.5) is 10.1 Å². The van der Waals surface area contributed by atoms with E-state index in [1.807, 2.05) is 0 Å². The van der Waals surface area contributed by atoms with E-state index in [4.69, 9.17) is 0 Å². The molecule has 3 rings (SSSR count). The van der Waals surface area contributed by atoms with Gasteiger partial charge in [0.05, 0.1) is 17.1 Å². The number of aliphatic imine (C=N–C) groups is 1. The van der Waals surface area contributed by atoms with Gasteiger partial charge in [0.15, 0.2) is 0 Å². The van der Waals surface area contributed by atoms with Crippen molar-refractivity contribution in [1.29, 1.82) is 0 Å². The van der Waals surface area contributed by atoms with Gasteiger partial charge >= 0.3 is 0 Å². The highest BCUT2D eigenvalue weighted by Crippen LogP contribution is 2.51. The Morgan fingerprint density at radius 2 is 2.22 bits per heavy atom. The maximum atomic E-state index is 13.9. The zero-order valence-electron chi connectivity index (χ0n) is 9.79. The summed E-state index contributed by atoms with van der Waals surface area (Å²) in [7, 11) is 0. The molecule has 92 valence electrons. The molecule has 1 aliphatic heterocycles. The van der Waals surface area contributed by atoms with Crippen molar-refractivity contribution in [3.8, 4) is 0 Å². The van der Waals surface area contributed by atoms with Crippen molar-refractivity contribution >= 4 is 17.7 Å². The molecule has 1 heterocycles. The normalized spacial score (nSPS) is 23.0. The molecule has 1 N–H and O–H groups in total. The summed E-state index contributed by atoms with van der Waals surface area (Å²) in [6.07, 6.45) is 2.98. The van der Waals surface area contributed by atoms with Crippen LogP contribution >= 0.6 is 0 Å². The van der Waals surface area contributed by atoms with E-state index in [0.29, 0.717) is 11.1 Å². The minimum Gasteiger partial charge on any atom is -0.323 e. The second kappa shape index (κ2) is 3.50. The minimum absolute atomic E-state index is 0.204. The summed E-state index contributed by atoms with van der Waals surface area (Å²) >= 11 is 0. The maximum Gasteiger partial charge on any atom is 0.235 e. The highest BCUT2D eigenvalue weighted by Gasteiger charge is 2.46. The SMILES string of the molecule is CC1C(=O)Nc2c(F)cc(C3(N=C=O)CC3)cc21. The molecule has 1 aliphatic carbocycles. The Morgan fingerprint density at radius 3 is 2.83 bits per heavy atom. The molecular formula is C13H11FN2O2. The summed E-state index contributed by atoms with van der Waals surface area (Å²) in [5.41, 5.74) is 0.943. The fourth-order valence-corrected chi connectivity index (χ4v) is 2.41. The first-order valence-electron chi connectivity index (χ1n) is 5.81. The molecule has 0 spiro atoms. The van der Waals surface area contributed by atoms with Gasteiger partial charge in [-0.15, -0.1) is 0 Å². The summed E-state index contributed by atoms with van der Waals surface area (Å²) in [4.78, 5) is 25.7. The Balaban J connectivity index is 2.14. The number of isocyanates is 1. The molecule has 1 atom stereocenters. The number of hydrogen-bond acceptors (Lipinski definition) is 3. The van der Waals surface area contributed by atoms with Crippen molar-refractivity contribution in [3.05, 3.63) is 29.1 Å². The fourth-order valence-electron chi connectivity index (χ4n) is 2.41. The zero-order valence-corrected chi connectivity index (χ0v) is 9.79. The number of carbonyl (C=O) groups excluding carboxylic acids is 2. The summed E-state index contributed by atoms with van der Waals surface area (Å²) in [5.74, 6) is -1.04. The molecule has 0 aromatic heterocycles. The summed E-state index contributed by atoms with van der Waals surface area (Å²) < 4.78 is 13.9. The Labute approximate surface area is 103 Å². The molecule has 2 aliphatic rings. The number of halogens is 1. The van der Waals surface area contributed by atoms with Crippen LogP contribution in [0.5, 0.6) is 0 Å². The standard InChI is InChI=1S/C13H11FN2O2/c1-7-9-4-8(13(2-3-13)15-6-17)5-10(14)11(9)16-12(7)18/h4-5,7H,2-3H2,1H3,(H,16,18). The smallest absolute Gasteiger partial charge is 0.235 e. The largest absolute Gasteiger partial charge is 0.323 e. The lowest BCUT2D eigenvalue weighted by Crippen LogP contribution is -2.08. The number of rotatable bonds is 2. The van der Waals surface area contributed by atoms with Gasteiger partial charge < -0.3 is 5.32 Å². The lowest BCUT2D eigenvalue weighted by atomic mass is 9.96. The van der Waals surface area contributed by atoms with Crippen molar-refractivity contribution in [2.24, 2.45) is 4.99 Å². The number of hydrogen-bond donors (Lipinski definition) is 1. The molecule has 1 fully saturated rings. The monoisotopic (exact) mass is 246 g/mol. The third kappa shape index (κ3) is 1.41. The molecule has 1 aromatic carbocycles. The van der Waals surface area contributed by atoms with Crippen LogP contribution in [0.25, 0.3) is 0 Å². The van der Waals surface area contributed by atoms with Gasteiger partial charge in [-0.1, -0.05) is 6.07 Å². The Hall–Kier alpha value is -2.00. The number of fused-ring (bicyclic) bond motifs is 1. The number of anilines is 1. The Bertz CT molecular complexity index is 601. The van der Waals surface area contributed by atoms with E-state index in [1.54, 1.807) is 19.1 Å². The van der Waals surface area contributed by atoms with Gasteiger partial charge in [-0.05, 0) is 37.0 Å². The number of nitrogens with one attached hydrogen (secondary N) is 1. The van der Waals surface area contributed by atoms with E-state index in [9.17, 15) is 14.0 Å². The predicted octanol–water partition coefficient (Wildman–Crippen LogP) is 2.21. The van der Waals surface area contributed by atoms with Crippen LogP contribution < -0.4 is 5.32 Å². The topological polar surface area (TPSA) is 58.5 Å². The lowest BCUT2D eigenvalue weighted by molar-refractivity contribution is -0.116. The average molecular weight is 246 g/mol. The van der Waals surface area contributed by atoms with Gasteiger partial charge in [0.2, 0.25) is 12.0 Å². The number of amides is 1. The third-order valence-corrected chi connectivity index (χ3v) is 3.75. The second-order valence-corrected chi connectivity index (χ2v) is 4.87. The molecule has 1 saturated carbocycles. The van der Waals surface area contributed by atoms with Gasteiger partial charge in [0, 0.05) is 0 Å². The van der Waals surface area contributed by atoms with E-state index in [1.165, 1.54) is 6.07 Å². The van der Waals surface area contributed by atoms with E-state index < -0.39 is 11.4 Å². The van der Waals surface area contributed by atoms with E-state index in [0.717, 1.165) is 12.8 Å². The molecular weight excluding hydrogens is 235 g/mol. The van der Waals surface area contributed by atoms with Crippen LogP contribution in [0.2, 0.25) is 0 Å². The Morgan fingerprint density at radius 1 is 1.50 bits per heavy atom. The number of nitrogens with zero attached hydrogens (tertiary/aromatic N) is 1. The van der Waals surface area contributed by atoms with Gasteiger partial charge in [-0.3, -0.25) is 4.79 Å². The second-order valence-electron chi connectivity index (χ2n) is 4.87. The molecule has 5 heteroatoms. The molecule has 0 radical (unpaired) electrons. The third-order valence-electron chi connectivity index (χ3n) is 3.75. The molecule has 1 aromatic rings. The lowest BCUT2D eigenvalue weighted by Gasteiger charge is -2.11. The van der Waals surface area contributed by atoms with E-state index >= 15 is 0 Å². The minimum atomic E-state index is -0.608. The summed E-state index contributed by atoms with van der Waals surface area (Å²) in [5, 5.41) is 2.52. The van der Waals surface area contributed by atoms with Crippen molar-refractivity contribution in [2.45, 2.75) is 31.2 Å². The highest BCUT2D eigenvalue weighted by atomic mass is 19.1. The van der Waals surface area contributed by atoms with Crippen LogP contribution in [0.3, 0.4) is 0 Å². The first-order valence-corrected chi connectivity index (χ1v) is 5.81. The van der Waals surface area contributed by atoms with Crippen LogP contribution in [0.1, 0.15) is 36.8 Å². The molecule has 1 unspecified atom stereocenters. The van der Waals surface area contributed by atoms with Gasteiger partial charge in [0.25, 0.3) is 0 Å². The van der Waals surface area contributed by atoms with Crippen LogP contribution in [-0.2, 0) is 15.1 Å². The van der Waals surface area contributed by atoms with E-state index in [2.05, 4.69) is 10.3 Å². The molecule has 18 heavy (non-hydrogen) atoms. The molecule has 1 amide bonds. The van der Waals surface area contributed by atoms with Crippen molar-refractivity contribution in [1.82, 2.24) is 0 Å². The molecule has 0 bridgehead atoms. The first kappa shape index (κ1) is 11.1. The van der Waals surface area contributed by atoms with Crippen LogP contribution in [-0.4, -0.2) is 12.0 Å². The van der Waals surface area contributed by atoms with Crippen LogP contribution in [0.15, 0.2) is 17.1 Å².